The predicted octanol–water partition coefficient (Wildman–Crippen LogP) is 1.06. The maximum absolute atomic E-state index is 13.3. The molecule has 2 aliphatic rings. The summed E-state index contributed by atoms with van der Waals surface area (Å²) in [5.41, 5.74) is 1.88. The Morgan fingerprint density at radius 1 is 1.14 bits per heavy atom. The fourth-order valence-electron chi connectivity index (χ4n) is 4.49. The Balaban J connectivity index is 1.56. The average molecular weight is 422 g/mol. The average Bonchev–Trinajstić information content (AvgIpc) is 3.11. The summed E-state index contributed by atoms with van der Waals surface area (Å²) < 4.78 is 26.3. The van der Waals surface area contributed by atoms with E-state index in [4.69, 9.17) is 0 Å². The molecule has 158 valence electrons. The third kappa shape index (κ3) is 3.95. The van der Waals surface area contributed by atoms with Gasteiger partial charge in [0, 0.05) is 43.4 Å². The molecule has 1 N–H and O–H groups in total. The van der Waals surface area contributed by atoms with E-state index in [1.807, 2.05) is 11.0 Å². The van der Waals surface area contributed by atoms with Gasteiger partial charge in [0.2, 0.25) is 15.9 Å². The number of carbonyl (C=O) groups is 1. The minimum absolute atomic E-state index is 0.0815. The molecule has 0 bridgehead atoms. The number of piperidine rings is 2. The van der Waals surface area contributed by atoms with E-state index in [0.29, 0.717) is 43.8 Å². The number of rotatable bonds is 3. The summed E-state index contributed by atoms with van der Waals surface area (Å²) in [6.45, 7) is 3.23. The van der Waals surface area contributed by atoms with Gasteiger partial charge in [-0.25, -0.2) is 22.2 Å². The lowest BCUT2D eigenvalue weighted by Crippen LogP contribution is -2.46. The second-order valence-corrected chi connectivity index (χ2v) is 10.1. The van der Waals surface area contributed by atoms with Crippen LogP contribution in [0.25, 0.3) is 5.65 Å². The Morgan fingerprint density at radius 2 is 1.86 bits per heavy atom. The van der Waals surface area contributed by atoms with Crippen molar-refractivity contribution >= 4 is 21.6 Å². The zero-order chi connectivity index (χ0) is 20.8. The van der Waals surface area contributed by atoms with Crippen LogP contribution < -0.4 is 5.56 Å². The summed E-state index contributed by atoms with van der Waals surface area (Å²) in [6, 6.07) is 3.22. The highest BCUT2D eigenvalue weighted by molar-refractivity contribution is 7.88. The number of H-pyrrole nitrogens is 1. The first kappa shape index (κ1) is 20.1. The second kappa shape index (κ2) is 7.56. The fraction of sp³-hybridized carbons (Fsp3) is 0.632. The van der Waals surface area contributed by atoms with Crippen LogP contribution >= 0.6 is 0 Å². The molecule has 29 heavy (non-hydrogen) atoms. The van der Waals surface area contributed by atoms with Crippen molar-refractivity contribution in [3.05, 3.63) is 33.9 Å². The zero-order valence-corrected chi connectivity index (χ0v) is 17.6. The highest BCUT2D eigenvalue weighted by Gasteiger charge is 2.36. The summed E-state index contributed by atoms with van der Waals surface area (Å²) in [4.78, 5) is 31.8. The normalized spacial score (nSPS) is 22.3. The van der Waals surface area contributed by atoms with Crippen LogP contribution in [0.1, 0.15) is 49.5 Å². The van der Waals surface area contributed by atoms with Gasteiger partial charge < -0.3 is 4.90 Å². The van der Waals surface area contributed by atoms with Crippen molar-refractivity contribution in [2.75, 3.05) is 25.9 Å². The molecule has 2 saturated heterocycles. The van der Waals surface area contributed by atoms with E-state index in [0.717, 1.165) is 25.0 Å². The van der Waals surface area contributed by atoms with E-state index in [-0.39, 0.29) is 23.4 Å². The van der Waals surface area contributed by atoms with Crippen molar-refractivity contribution in [3.63, 3.8) is 0 Å². The molecular weight excluding hydrogens is 394 g/mol. The van der Waals surface area contributed by atoms with Crippen molar-refractivity contribution < 1.29 is 13.2 Å². The molecule has 2 aliphatic heterocycles. The molecule has 0 spiro atoms. The highest BCUT2D eigenvalue weighted by atomic mass is 32.2. The Morgan fingerprint density at radius 3 is 2.55 bits per heavy atom. The van der Waals surface area contributed by atoms with Crippen LogP contribution in [-0.2, 0) is 14.8 Å². The number of aromatic amines is 1. The van der Waals surface area contributed by atoms with Gasteiger partial charge in [0.25, 0.3) is 5.56 Å². The van der Waals surface area contributed by atoms with Crippen molar-refractivity contribution in [2.24, 2.45) is 5.92 Å². The summed E-state index contributed by atoms with van der Waals surface area (Å²) in [7, 11) is -3.21. The SMILES string of the molecule is Cc1cc(=O)n2[nH]c(C3CCCCN3C(=O)C3CCN(S(C)(=O)=O)CC3)cc2n1. The van der Waals surface area contributed by atoms with E-state index in [2.05, 4.69) is 10.1 Å². The molecule has 2 aromatic heterocycles. The molecule has 2 fully saturated rings. The van der Waals surface area contributed by atoms with Crippen LogP contribution in [0.4, 0.5) is 0 Å². The van der Waals surface area contributed by atoms with Crippen molar-refractivity contribution in [1.29, 1.82) is 0 Å². The van der Waals surface area contributed by atoms with Crippen LogP contribution in [0, 0.1) is 12.8 Å². The number of nitrogens with zero attached hydrogens (tertiary/aromatic N) is 4. The number of nitrogens with one attached hydrogen (secondary N) is 1. The number of hydrogen-bond acceptors (Lipinski definition) is 5. The van der Waals surface area contributed by atoms with E-state index in [1.54, 1.807) is 6.92 Å². The van der Waals surface area contributed by atoms with Crippen molar-refractivity contribution in [1.82, 2.24) is 23.8 Å². The summed E-state index contributed by atoms with van der Waals surface area (Å²) >= 11 is 0. The predicted molar refractivity (Wildman–Crippen MR) is 108 cm³/mol. The van der Waals surface area contributed by atoms with Gasteiger partial charge in [-0.2, -0.15) is 0 Å². The number of hydrogen-bond donors (Lipinski definition) is 1. The molecule has 0 aromatic carbocycles. The van der Waals surface area contributed by atoms with Gasteiger partial charge in [-0.1, -0.05) is 0 Å². The molecule has 9 nitrogen and oxygen atoms in total. The van der Waals surface area contributed by atoms with Gasteiger partial charge in [0.15, 0.2) is 5.65 Å². The van der Waals surface area contributed by atoms with Crippen molar-refractivity contribution in [3.8, 4) is 0 Å². The first-order chi connectivity index (χ1) is 13.7. The summed E-state index contributed by atoms with van der Waals surface area (Å²) in [5, 5.41) is 3.14. The molecule has 10 heteroatoms. The number of aryl methyl sites for hydroxylation is 1. The van der Waals surface area contributed by atoms with Gasteiger partial charge in [-0.05, 0) is 39.0 Å². The Labute approximate surface area is 169 Å². The van der Waals surface area contributed by atoms with Gasteiger partial charge >= 0.3 is 0 Å². The maximum atomic E-state index is 13.3. The fourth-order valence-corrected chi connectivity index (χ4v) is 5.36. The van der Waals surface area contributed by atoms with Gasteiger partial charge in [0.1, 0.15) is 0 Å². The quantitative estimate of drug-likeness (QED) is 0.797. The number of carbonyl (C=O) groups excluding carboxylic acids is 1. The standard InChI is InChI=1S/C19H27N5O4S/c1-13-11-18(25)24-17(20-13)12-15(21-24)16-5-3-4-8-23(16)19(26)14-6-9-22(10-7-14)29(2,27)28/h11-12,14,16,21H,3-10H2,1-2H3. The minimum Gasteiger partial charge on any atom is -0.334 e. The molecular formula is C19H27N5O4S. The second-order valence-electron chi connectivity index (χ2n) is 8.12. The molecule has 2 aromatic rings. The van der Waals surface area contributed by atoms with Gasteiger partial charge in [0.05, 0.1) is 18.0 Å². The molecule has 0 saturated carbocycles. The van der Waals surface area contributed by atoms with E-state index < -0.39 is 10.0 Å². The molecule has 0 radical (unpaired) electrons. The van der Waals surface area contributed by atoms with Crippen LogP contribution in [0.5, 0.6) is 0 Å². The molecule has 4 heterocycles. The summed E-state index contributed by atoms with van der Waals surface area (Å²) in [6.07, 6.45) is 5.08. The topological polar surface area (TPSA) is 108 Å². The van der Waals surface area contributed by atoms with Crippen LogP contribution in [0.3, 0.4) is 0 Å². The van der Waals surface area contributed by atoms with E-state index in [1.165, 1.54) is 21.1 Å². The van der Waals surface area contributed by atoms with E-state index in [9.17, 15) is 18.0 Å². The third-order valence-electron chi connectivity index (χ3n) is 6.02. The Kier molecular flexibility index (Phi) is 5.24. The molecule has 1 unspecified atom stereocenters. The van der Waals surface area contributed by atoms with Crippen LogP contribution in [-0.4, -0.2) is 64.0 Å². The lowest BCUT2D eigenvalue weighted by Gasteiger charge is -2.39. The van der Waals surface area contributed by atoms with Crippen LogP contribution in [0.15, 0.2) is 16.9 Å². The molecule has 1 amide bonds. The smallest absolute Gasteiger partial charge is 0.272 e. The molecule has 4 rings (SSSR count). The lowest BCUT2D eigenvalue weighted by molar-refractivity contribution is -0.140. The third-order valence-corrected chi connectivity index (χ3v) is 7.32. The zero-order valence-electron chi connectivity index (χ0n) is 16.8. The Bertz CT molecular complexity index is 1080. The van der Waals surface area contributed by atoms with Gasteiger partial charge in [-0.3, -0.25) is 14.7 Å². The minimum atomic E-state index is -3.21. The Hall–Kier alpha value is -2.20. The first-order valence-corrected chi connectivity index (χ1v) is 11.9. The summed E-state index contributed by atoms with van der Waals surface area (Å²) in [5.74, 6) is -0.0842. The molecule has 0 aliphatic carbocycles. The maximum Gasteiger partial charge on any atom is 0.272 e. The largest absolute Gasteiger partial charge is 0.334 e. The monoisotopic (exact) mass is 421 g/mol. The molecule has 1 atom stereocenters. The van der Waals surface area contributed by atoms with Crippen LogP contribution in [0.2, 0.25) is 0 Å². The number of amides is 1. The van der Waals surface area contributed by atoms with Crippen molar-refractivity contribution in [2.45, 2.75) is 45.1 Å². The number of aromatic nitrogens is 3. The van der Waals surface area contributed by atoms with E-state index >= 15 is 0 Å². The number of sulfonamides is 1. The first-order valence-electron chi connectivity index (χ1n) is 10.1. The number of likely N-dealkylation sites (tertiary alicyclic amines) is 1. The lowest BCUT2D eigenvalue weighted by atomic mass is 9.92. The van der Waals surface area contributed by atoms with Gasteiger partial charge in [-0.15, -0.1) is 0 Å². The highest BCUT2D eigenvalue weighted by Crippen LogP contribution is 2.33. The number of fused-ring (bicyclic) bond motifs is 1.